The molecule has 3 amide bonds. The highest BCUT2D eigenvalue weighted by Crippen LogP contribution is 2.33. The number of benzene rings is 1. The maximum absolute atomic E-state index is 14.0. The highest BCUT2D eigenvalue weighted by molar-refractivity contribution is 6.39. The van der Waals surface area contributed by atoms with Crippen molar-refractivity contribution in [2.75, 3.05) is 11.9 Å². The van der Waals surface area contributed by atoms with Gasteiger partial charge in [-0.3, -0.25) is 19.4 Å². The predicted octanol–water partition coefficient (Wildman–Crippen LogP) is 2.26. The first kappa shape index (κ1) is 14.7. The zero-order valence-corrected chi connectivity index (χ0v) is 15.1. The van der Waals surface area contributed by atoms with Crippen molar-refractivity contribution in [3.63, 3.8) is 0 Å². The number of nitrogens with two attached hydrogens (primary N) is 1. The number of amides is 3. The number of carbonyl (C=O) groups is 3. The molecule has 1 saturated heterocycles. The van der Waals surface area contributed by atoms with Crippen molar-refractivity contribution in [2.45, 2.75) is 25.8 Å². The number of nitrogens with zero attached hydrogens (tertiary/aromatic N) is 2. The fourth-order valence-electron chi connectivity index (χ4n) is 3.11. The van der Waals surface area contributed by atoms with Gasteiger partial charge < -0.3 is 16.0 Å². The number of aromatic nitrogens is 1. The van der Waals surface area contributed by atoms with Gasteiger partial charge in [0.2, 0.25) is 5.91 Å². The second kappa shape index (κ2) is 8.16. The molecular weight excluding hydrogens is 363 g/mol. The lowest BCUT2D eigenvalue weighted by atomic mass is 9.90. The number of halogens is 1. The Balaban J connectivity index is 1.94. The van der Waals surface area contributed by atoms with Crippen molar-refractivity contribution in [2.24, 2.45) is 11.7 Å². The molecule has 1 fully saturated rings. The van der Waals surface area contributed by atoms with Crippen LogP contribution < -0.4 is 11.1 Å². The fourth-order valence-corrected chi connectivity index (χ4v) is 3.11. The van der Waals surface area contributed by atoms with E-state index < -0.39 is 53.8 Å². The molecule has 28 heavy (non-hydrogen) atoms. The number of hydrogen-bond donors (Lipinski definition) is 2. The van der Waals surface area contributed by atoms with E-state index in [0.717, 1.165) is 0 Å². The number of rotatable bonds is 3. The summed E-state index contributed by atoms with van der Waals surface area (Å²) in [6.07, 6.45) is 3.33. The molecule has 7 nitrogen and oxygen atoms in total. The third kappa shape index (κ3) is 4.33. The van der Waals surface area contributed by atoms with Crippen LogP contribution in [0.5, 0.6) is 0 Å². The summed E-state index contributed by atoms with van der Waals surface area (Å²) in [7, 11) is 0. The molecule has 1 aromatic carbocycles. The molecule has 0 aliphatic carbocycles. The van der Waals surface area contributed by atoms with E-state index in [1.807, 2.05) is 6.92 Å². The molecule has 2 aromatic rings. The van der Waals surface area contributed by atoms with Crippen molar-refractivity contribution in [1.29, 1.82) is 0 Å². The number of hydrogen-bond acceptors (Lipinski definition) is 4. The summed E-state index contributed by atoms with van der Waals surface area (Å²) in [4.78, 5) is 41.9. The van der Waals surface area contributed by atoms with Gasteiger partial charge in [0.1, 0.15) is 5.82 Å². The van der Waals surface area contributed by atoms with Gasteiger partial charge in [0, 0.05) is 12.7 Å². The minimum atomic E-state index is -1.27. The smallest absolute Gasteiger partial charge is 0.313 e. The van der Waals surface area contributed by atoms with Gasteiger partial charge in [-0.2, -0.15) is 0 Å². The number of piperidine rings is 1. The van der Waals surface area contributed by atoms with Gasteiger partial charge in [0.25, 0.3) is 0 Å². The molecule has 1 aromatic heterocycles. The molecule has 0 unspecified atom stereocenters. The van der Waals surface area contributed by atoms with Crippen LogP contribution in [0, 0.1) is 11.7 Å². The van der Waals surface area contributed by atoms with Crippen LogP contribution in [0.2, 0.25) is 0 Å². The molecule has 0 bridgehead atoms. The van der Waals surface area contributed by atoms with Crippen molar-refractivity contribution < 1.29 is 24.3 Å². The molecule has 0 spiro atoms. The Bertz CT molecular complexity index is 1090. The maximum Gasteiger partial charge on any atom is 0.313 e. The zero-order valence-electron chi connectivity index (χ0n) is 19.1. The van der Waals surface area contributed by atoms with E-state index in [9.17, 15) is 18.8 Å². The van der Waals surface area contributed by atoms with Crippen molar-refractivity contribution in [3.8, 4) is 0 Å². The number of anilines is 1. The van der Waals surface area contributed by atoms with Gasteiger partial charge in [0.05, 0.1) is 29.0 Å². The van der Waals surface area contributed by atoms with Crippen LogP contribution in [-0.2, 0) is 9.59 Å². The van der Waals surface area contributed by atoms with Crippen LogP contribution in [0.3, 0.4) is 0 Å². The summed E-state index contributed by atoms with van der Waals surface area (Å²) >= 11 is 0. The van der Waals surface area contributed by atoms with Crippen LogP contribution in [-0.4, -0.2) is 34.2 Å². The SMILES string of the molecule is [2H]c1c([2H])c([C@H]2CC[C@H](C)CN2C(=O)C(=O)Nc2cncc(C(N)=O)c2)c([2H])c([2H])c1F. The Morgan fingerprint density at radius 2 is 1.96 bits per heavy atom. The summed E-state index contributed by atoms with van der Waals surface area (Å²) in [5, 5.41) is 2.35. The molecule has 0 saturated carbocycles. The maximum atomic E-state index is 14.0. The average molecular weight is 388 g/mol. The first-order chi connectivity index (χ1) is 15.0. The molecule has 8 heteroatoms. The van der Waals surface area contributed by atoms with Crippen LogP contribution in [0.25, 0.3) is 0 Å². The van der Waals surface area contributed by atoms with E-state index >= 15 is 0 Å². The second-order valence-electron chi connectivity index (χ2n) is 6.66. The van der Waals surface area contributed by atoms with Crippen molar-refractivity contribution in [1.82, 2.24) is 9.88 Å². The molecule has 2 atom stereocenters. The normalized spacial score (nSPS) is 21.1. The van der Waals surface area contributed by atoms with E-state index in [1.54, 1.807) is 0 Å². The van der Waals surface area contributed by atoms with Crippen LogP contribution in [0.1, 0.15) is 47.2 Å². The molecule has 3 rings (SSSR count). The lowest BCUT2D eigenvalue weighted by Crippen LogP contribution is -2.46. The zero-order chi connectivity index (χ0) is 23.7. The first-order valence-electron chi connectivity index (χ1n) is 10.6. The quantitative estimate of drug-likeness (QED) is 0.787. The lowest BCUT2D eigenvalue weighted by molar-refractivity contribution is -0.146. The highest BCUT2D eigenvalue weighted by atomic mass is 19.1. The Kier molecular flexibility index (Phi) is 4.29. The summed E-state index contributed by atoms with van der Waals surface area (Å²) < 4.78 is 45.7. The second-order valence-corrected chi connectivity index (χ2v) is 6.66. The molecule has 2 heterocycles. The molecule has 3 N–H and O–H groups in total. The number of pyridine rings is 1. The molecule has 0 radical (unpaired) electrons. The van der Waals surface area contributed by atoms with Gasteiger partial charge in [-0.25, -0.2) is 4.39 Å². The fraction of sp³-hybridized carbons (Fsp3) is 0.300. The topological polar surface area (TPSA) is 105 Å². The standard InChI is InChI=1S/C20H21FN4O3/c1-12-2-7-17(13-3-5-15(21)6-4-13)25(11-12)20(28)19(27)24-16-8-14(18(22)26)9-23-10-16/h3-6,8-10,12,17H,2,7,11H2,1H3,(H2,22,26)(H,24,27)/t12-,17+/m0/s1/i3D,4D,5D,6D. The number of nitrogens with one attached hydrogen (secondary N) is 1. The first-order valence-corrected chi connectivity index (χ1v) is 8.65. The minimum absolute atomic E-state index is 0.0117. The van der Waals surface area contributed by atoms with Crippen molar-refractivity contribution >= 4 is 23.4 Å². The molecule has 146 valence electrons. The average Bonchev–Trinajstić information content (AvgIpc) is 2.77. The van der Waals surface area contributed by atoms with Crippen LogP contribution >= 0.6 is 0 Å². The largest absolute Gasteiger partial charge is 0.366 e. The van der Waals surface area contributed by atoms with E-state index in [4.69, 9.17) is 11.2 Å². The van der Waals surface area contributed by atoms with E-state index in [0.29, 0.717) is 6.42 Å². The Morgan fingerprint density at radius 1 is 1.25 bits per heavy atom. The van der Waals surface area contributed by atoms with Crippen LogP contribution in [0.15, 0.2) is 42.6 Å². The van der Waals surface area contributed by atoms with E-state index in [-0.39, 0.29) is 35.7 Å². The Morgan fingerprint density at radius 3 is 2.64 bits per heavy atom. The highest BCUT2D eigenvalue weighted by Gasteiger charge is 2.34. The van der Waals surface area contributed by atoms with Gasteiger partial charge in [-0.05, 0) is 42.5 Å². The number of primary amides is 1. The number of likely N-dealkylation sites (tertiary alicyclic amines) is 1. The van der Waals surface area contributed by atoms with Gasteiger partial charge in [-0.1, -0.05) is 19.0 Å². The van der Waals surface area contributed by atoms with Crippen LogP contribution in [0.4, 0.5) is 10.1 Å². The van der Waals surface area contributed by atoms with Gasteiger partial charge >= 0.3 is 11.8 Å². The third-order valence-corrected chi connectivity index (χ3v) is 4.50. The van der Waals surface area contributed by atoms with Gasteiger partial charge in [0.15, 0.2) is 0 Å². The predicted molar refractivity (Wildman–Crippen MR) is 101 cm³/mol. The third-order valence-electron chi connectivity index (χ3n) is 4.50. The Hall–Kier alpha value is -3.29. The summed E-state index contributed by atoms with van der Waals surface area (Å²) in [6, 6.07) is -2.50. The van der Waals surface area contributed by atoms with Gasteiger partial charge in [-0.15, -0.1) is 0 Å². The van der Waals surface area contributed by atoms with E-state index in [1.165, 1.54) is 23.4 Å². The summed E-state index contributed by atoms with van der Waals surface area (Å²) in [5.74, 6) is -4.02. The Labute approximate surface area is 167 Å². The molecular formula is C20H21FN4O3. The summed E-state index contributed by atoms with van der Waals surface area (Å²) in [5.41, 5.74) is 5.17. The minimum Gasteiger partial charge on any atom is -0.366 e. The summed E-state index contributed by atoms with van der Waals surface area (Å²) in [6.45, 7) is 2.00. The van der Waals surface area contributed by atoms with Crippen molar-refractivity contribution in [3.05, 3.63) is 59.6 Å². The lowest BCUT2D eigenvalue weighted by Gasteiger charge is -2.38. The van der Waals surface area contributed by atoms with E-state index in [2.05, 4.69) is 10.3 Å². The monoisotopic (exact) mass is 388 g/mol. The molecule has 1 aliphatic heterocycles. The number of carbonyl (C=O) groups excluding carboxylic acids is 3. The molecule has 1 aliphatic rings.